The van der Waals surface area contributed by atoms with Gasteiger partial charge in [0.1, 0.15) is 0 Å². The molecular weight excluding hydrogens is 458 g/mol. The smallest absolute Gasteiger partial charge is 0.262 e. The van der Waals surface area contributed by atoms with Crippen LogP contribution in [0.15, 0.2) is 64.5 Å². The number of amides is 1. The van der Waals surface area contributed by atoms with E-state index in [0.29, 0.717) is 29.0 Å². The molecule has 0 N–H and O–H groups in total. The molecule has 33 heavy (non-hydrogen) atoms. The SMILES string of the molecule is CCN(C(=O)CSc1nc2ccccc2c(=O)n1[C@H](C)c1ccccc1)[C@H]1CCS(=O)(=O)C1. The number of rotatable bonds is 7. The molecule has 1 fully saturated rings. The van der Waals surface area contributed by atoms with E-state index < -0.39 is 9.84 Å². The lowest BCUT2D eigenvalue weighted by molar-refractivity contribution is -0.129. The Labute approximate surface area is 197 Å². The summed E-state index contributed by atoms with van der Waals surface area (Å²) >= 11 is 1.22. The Hall–Kier alpha value is -2.65. The molecule has 2 atom stereocenters. The third-order valence-electron chi connectivity index (χ3n) is 6.08. The van der Waals surface area contributed by atoms with Gasteiger partial charge in [0.2, 0.25) is 5.91 Å². The summed E-state index contributed by atoms with van der Waals surface area (Å²) in [4.78, 5) is 32.8. The zero-order chi connectivity index (χ0) is 23.6. The number of fused-ring (bicyclic) bond motifs is 1. The maximum Gasteiger partial charge on any atom is 0.262 e. The summed E-state index contributed by atoms with van der Waals surface area (Å²) < 4.78 is 25.4. The van der Waals surface area contributed by atoms with Crippen molar-refractivity contribution in [3.05, 3.63) is 70.5 Å². The van der Waals surface area contributed by atoms with E-state index in [9.17, 15) is 18.0 Å². The lowest BCUT2D eigenvalue weighted by Crippen LogP contribution is -2.42. The van der Waals surface area contributed by atoms with Crippen molar-refractivity contribution in [2.75, 3.05) is 23.8 Å². The molecule has 0 saturated carbocycles. The van der Waals surface area contributed by atoms with E-state index in [4.69, 9.17) is 4.98 Å². The van der Waals surface area contributed by atoms with Crippen LogP contribution in [0.5, 0.6) is 0 Å². The van der Waals surface area contributed by atoms with Crippen molar-refractivity contribution < 1.29 is 13.2 Å². The zero-order valence-electron chi connectivity index (χ0n) is 18.7. The van der Waals surface area contributed by atoms with Gasteiger partial charge in [-0.1, -0.05) is 54.2 Å². The van der Waals surface area contributed by atoms with Crippen molar-refractivity contribution in [3.63, 3.8) is 0 Å². The van der Waals surface area contributed by atoms with Crippen LogP contribution in [0.2, 0.25) is 0 Å². The molecule has 1 aliphatic rings. The zero-order valence-corrected chi connectivity index (χ0v) is 20.3. The summed E-state index contributed by atoms with van der Waals surface area (Å²) in [5.41, 5.74) is 1.40. The molecule has 3 aromatic rings. The molecular formula is C24H27N3O4S2. The van der Waals surface area contributed by atoms with Crippen molar-refractivity contribution in [1.82, 2.24) is 14.5 Å². The van der Waals surface area contributed by atoms with Gasteiger partial charge in [-0.25, -0.2) is 13.4 Å². The largest absolute Gasteiger partial charge is 0.338 e. The van der Waals surface area contributed by atoms with Gasteiger partial charge < -0.3 is 4.90 Å². The molecule has 0 bridgehead atoms. The topological polar surface area (TPSA) is 89.3 Å². The van der Waals surface area contributed by atoms with Crippen LogP contribution >= 0.6 is 11.8 Å². The van der Waals surface area contributed by atoms with Crippen molar-refractivity contribution in [2.24, 2.45) is 0 Å². The number of sulfone groups is 1. The van der Waals surface area contributed by atoms with Crippen LogP contribution in [0.25, 0.3) is 10.9 Å². The van der Waals surface area contributed by atoms with Gasteiger partial charge in [-0.2, -0.15) is 0 Å². The fourth-order valence-corrected chi connectivity index (χ4v) is 7.01. The first-order chi connectivity index (χ1) is 15.8. The summed E-state index contributed by atoms with van der Waals surface area (Å²) in [6.07, 6.45) is 0.469. The molecule has 9 heteroatoms. The molecule has 0 aliphatic carbocycles. The molecule has 1 saturated heterocycles. The lowest BCUT2D eigenvalue weighted by Gasteiger charge is -2.27. The van der Waals surface area contributed by atoms with Gasteiger partial charge >= 0.3 is 0 Å². The van der Waals surface area contributed by atoms with Crippen LogP contribution in [0.1, 0.15) is 31.9 Å². The first-order valence-corrected chi connectivity index (χ1v) is 13.8. The van der Waals surface area contributed by atoms with Crippen LogP contribution in [-0.2, 0) is 14.6 Å². The minimum Gasteiger partial charge on any atom is -0.338 e. The highest BCUT2D eigenvalue weighted by molar-refractivity contribution is 7.99. The molecule has 174 valence electrons. The summed E-state index contributed by atoms with van der Waals surface area (Å²) in [6, 6.07) is 16.4. The standard InChI is InChI=1S/C24H27N3O4S2/c1-3-26(19-13-14-33(30,31)16-19)22(28)15-32-24-25-21-12-8-7-11-20(21)23(29)27(24)17(2)18-9-5-4-6-10-18/h4-12,17,19H,3,13-16H2,1-2H3/t17-,19+/m1/s1. The predicted octanol–water partition coefficient (Wildman–Crippen LogP) is 3.13. The third kappa shape index (κ3) is 4.99. The van der Waals surface area contributed by atoms with E-state index in [-0.39, 0.29) is 40.8 Å². The number of benzene rings is 2. The van der Waals surface area contributed by atoms with E-state index >= 15 is 0 Å². The van der Waals surface area contributed by atoms with E-state index in [0.717, 1.165) is 5.56 Å². The maximum absolute atomic E-state index is 13.4. The van der Waals surface area contributed by atoms with E-state index in [1.54, 1.807) is 21.6 Å². The quantitative estimate of drug-likeness (QED) is 0.377. The second-order valence-corrected chi connectivity index (χ2v) is 11.4. The second-order valence-electron chi connectivity index (χ2n) is 8.20. The van der Waals surface area contributed by atoms with Crippen LogP contribution < -0.4 is 5.56 Å². The van der Waals surface area contributed by atoms with Crippen LogP contribution in [0.4, 0.5) is 0 Å². The van der Waals surface area contributed by atoms with Gasteiger partial charge in [-0.15, -0.1) is 0 Å². The van der Waals surface area contributed by atoms with E-state index in [2.05, 4.69) is 0 Å². The van der Waals surface area contributed by atoms with Gasteiger partial charge in [0, 0.05) is 12.6 Å². The molecule has 7 nitrogen and oxygen atoms in total. The first-order valence-electron chi connectivity index (χ1n) is 11.0. The summed E-state index contributed by atoms with van der Waals surface area (Å²) in [7, 11) is -3.09. The Morgan fingerprint density at radius 1 is 1.18 bits per heavy atom. The Bertz CT molecular complexity index is 1320. The molecule has 2 heterocycles. The number of nitrogens with zero attached hydrogens (tertiary/aromatic N) is 3. The number of aromatic nitrogens is 2. The number of hydrogen-bond donors (Lipinski definition) is 0. The highest BCUT2D eigenvalue weighted by atomic mass is 32.2. The molecule has 4 rings (SSSR count). The van der Waals surface area contributed by atoms with Crippen molar-refractivity contribution in [2.45, 2.75) is 37.5 Å². The fourth-order valence-electron chi connectivity index (χ4n) is 4.32. The van der Waals surface area contributed by atoms with Gasteiger partial charge in [-0.3, -0.25) is 14.2 Å². The Balaban J connectivity index is 1.65. The number of thioether (sulfide) groups is 1. The molecule has 1 aliphatic heterocycles. The summed E-state index contributed by atoms with van der Waals surface area (Å²) in [5.74, 6) is 0.0678. The van der Waals surface area contributed by atoms with Crippen molar-refractivity contribution >= 4 is 38.4 Å². The second kappa shape index (κ2) is 9.69. The molecule has 0 radical (unpaired) electrons. The molecule has 1 aromatic heterocycles. The average Bonchev–Trinajstić information content (AvgIpc) is 3.17. The normalized spacial score (nSPS) is 18.3. The Morgan fingerprint density at radius 2 is 1.88 bits per heavy atom. The maximum atomic E-state index is 13.4. The van der Waals surface area contributed by atoms with Crippen molar-refractivity contribution in [3.8, 4) is 0 Å². The highest BCUT2D eigenvalue weighted by Crippen LogP contribution is 2.26. The number of para-hydroxylation sites is 1. The van der Waals surface area contributed by atoms with Crippen molar-refractivity contribution in [1.29, 1.82) is 0 Å². The van der Waals surface area contributed by atoms with Gasteiger partial charge in [0.15, 0.2) is 15.0 Å². The van der Waals surface area contributed by atoms with Crippen LogP contribution in [0, 0.1) is 0 Å². The monoisotopic (exact) mass is 485 g/mol. The van der Waals surface area contributed by atoms with Gasteiger partial charge in [-0.05, 0) is 38.0 Å². The fraction of sp³-hybridized carbons (Fsp3) is 0.375. The molecule has 0 spiro atoms. The molecule has 1 amide bonds. The predicted molar refractivity (Wildman–Crippen MR) is 131 cm³/mol. The van der Waals surface area contributed by atoms with Crippen LogP contribution in [0.3, 0.4) is 0 Å². The number of carbonyl (C=O) groups excluding carboxylic acids is 1. The highest BCUT2D eigenvalue weighted by Gasteiger charge is 2.34. The van der Waals surface area contributed by atoms with E-state index in [1.807, 2.05) is 56.3 Å². The van der Waals surface area contributed by atoms with E-state index in [1.165, 1.54) is 11.8 Å². The van der Waals surface area contributed by atoms with Gasteiger partial charge in [0.25, 0.3) is 5.56 Å². The van der Waals surface area contributed by atoms with Crippen LogP contribution in [-0.4, -0.2) is 58.6 Å². The summed E-state index contributed by atoms with van der Waals surface area (Å²) in [6.45, 7) is 4.24. The minimum atomic E-state index is -3.09. The first kappa shape index (κ1) is 23.5. The summed E-state index contributed by atoms with van der Waals surface area (Å²) in [5, 5.41) is 1.00. The number of carbonyl (C=O) groups is 1. The Morgan fingerprint density at radius 3 is 2.55 bits per heavy atom. The average molecular weight is 486 g/mol. The third-order valence-corrected chi connectivity index (χ3v) is 8.77. The van der Waals surface area contributed by atoms with Gasteiger partial charge in [0.05, 0.1) is 34.2 Å². The Kier molecular flexibility index (Phi) is 6.90. The minimum absolute atomic E-state index is 0.0151. The molecule has 0 unspecified atom stereocenters. The molecule has 2 aromatic carbocycles. The number of hydrogen-bond acceptors (Lipinski definition) is 6. The lowest BCUT2D eigenvalue weighted by atomic mass is 10.1.